The van der Waals surface area contributed by atoms with Gasteiger partial charge in [0.25, 0.3) is 0 Å². The number of carboxylic acid groups (broad SMARTS) is 1. The van der Waals surface area contributed by atoms with Crippen molar-refractivity contribution in [3.63, 3.8) is 0 Å². The predicted octanol–water partition coefficient (Wildman–Crippen LogP) is 2.24. The van der Waals surface area contributed by atoms with Gasteiger partial charge in [-0.25, -0.2) is 0 Å². The van der Waals surface area contributed by atoms with Gasteiger partial charge >= 0.3 is 5.97 Å². The van der Waals surface area contributed by atoms with E-state index in [9.17, 15) is 14.7 Å². The van der Waals surface area contributed by atoms with Gasteiger partial charge in [-0.3, -0.25) is 14.9 Å². The first-order valence-electron chi connectivity index (χ1n) is 8.77. The maximum absolute atomic E-state index is 12.5. The Morgan fingerprint density at radius 3 is 2.16 bits per heavy atom. The van der Waals surface area contributed by atoms with Crippen molar-refractivity contribution in [2.75, 3.05) is 19.0 Å². The Bertz CT molecular complexity index is 556. The first kappa shape index (κ1) is 21.0. The van der Waals surface area contributed by atoms with Crippen molar-refractivity contribution in [2.24, 2.45) is 5.92 Å². The predicted molar refractivity (Wildman–Crippen MR) is 101 cm³/mol. The maximum Gasteiger partial charge on any atom is 0.320 e. The number of carbonyl (C=O) groups is 2. The van der Waals surface area contributed by atoms with E-state index in [4.69, 9.17) is 0 Å². The molecule has 1 rings (SSSR count). The molecule has 0 aliphatic rings. The quantitative estimate of drug-likeness (QED) is 0.603. The number of hydrogen-bond acceptors (Lipinski definition) is 4. The molecule has 0 fully saturated rings. The number of anilines is 1. The van der Waals surface area contributed by atoms with Gasteiger partial charge in [0.1, 0.15) is 6.04 Å². The number of rotatable bonds is 10. The molecular formula is C19H31N3O3. The molecule has 0 bridgehead atoms. The maximum atomic E-state index is 12.5. The van der Waals surface area contributed by atoms with E-state index in [2.05, 4.69) is 10.6 Å². The fourth-order valence-electron chi connectivity index (χ4n) is 2.55. The van der Waals surface area contributed by atoms with Crippen LogP contribution in [0, 0.1) is 5.92 Å². The third-order valence-electron chi connectivity index (χ3n) is 4.05. The second-order valence-corrected chi connectivity index (χ2v) is 6.93. The molecule has 6 heteroatoms. The van der Waals surface area contributed by atoms with Crippen molar-refractivity contribution in [3.8, 4) is 0 Å². The summed E-state index contributed by atoms with van der Waals surface area (Å²) in [5.41, 5.74) is 2.11. The van der Waals surface area contributed by atoms with Crippen molar-refractivity contribution in [3.05, 3.63) is 29.8 Å². The van der Waals surface area contributed by atoms with Crippen molar-refractivity contribution in [2.45, 2.75) is 52.2 Å². The number of nitrogens with one attached hydrogen (secondary N) is 2. The third kappa shape index (κ3) is 7.13. The van der Waals surface area contributed by atoms with Crippen LogP contribution in [-0.4, -0.2) is 43.2 Å². The first-order chi connectivity index (χ1) is 11.7. The molecule has 0 aromatic heterocycles. The van der Waals surface area contributed by atoms with Gasteiger partial charge in [0.05, 0.1) is 6.04 Å². The summed E-state index contributed by atoms with van der Waals surface area (Å²) in [5, 5.41) is 15.1. The lowest BCUT2D eigenvalue weighted by atomic mass is 10.0. The van der Waals surface area contributed by atoms with Crippen LogP contribution in [-0.2, 0) is 16.1 Å². The van der Waals surface area contributed by atoms with Crippen LogP contribution in [0.5, 0.6) is 0 Å². The van der Waals surface area contributed by atoms with E-state index in [-0.39, 0.29) is 11.8 Å². The average Bonchev–Trinajstić information content (AvgIpc) is 2.55. The number of amides is 1. The summed E-state index contributed by atoms with van der Waals surface area (Å²) >= 11 is 0. The molecule has 0 heterocycles. The van der Waals surface area contributed by atoms with Crippen molar-refractivity contribution >= 4 is 17.6 Å². The van der Waals surface area contributed by atoms with E-state index in [1.54, 1.807) is 6.92 Å². The van der Waals surface area contributed by atoms with Crippen LogP contribution in [0.15, 0.2) is 24.3 Å². The van der Waals surface area contributed by atoms with Crippen LogP contribution >= 0.6 is 0 Å². The SMILES string of the molecule is CC[C@@H](N[C@@H](CC(C)C)C(=O)NCc1ccc(N(C)C)cc1)C(=O)O. The van der Waals surface area contributed by atoms with E-state index >= 15 is 0 Å². The fraction of sp³-hybridized carbons (Fsp3) is 0.579. The van der Waals surface area contributed by atoms with E-state index in [1.807, 2.05) is 57.1 Å². The standard InChI is InChI=1S/C19H31N3O3/c1-6-16(19(24)25)21-17(11-13(2)3)18(23)20-12-14-7-9-15(10-8-14)22(4)5/h7-10,13,16-17,21H,6,11-12H2,1-5H3,(H,20,23)(H,24,25)/t16-,17+/m1/s1. The highest BCUT2D eigenvalue weighted by atomic mass is 16.4. The molecule has 1 aromatic rings. The Hall–Kier alpha value is -2.08. The van der Waals surface area contributed by atoms with Crippen LogP contribution < -0.4 is 15.5 Å². The van der Waals surface area contributed by atoms with Gasteiger partial charge in [-0.2, -0.15) is 0 Å². The van der Waals surface area contributed by atoms with E-state index < -0.39 is 18.1 Å². The molecule has 6 nitrogen and oxygen atoms in total. The summed E-state index contributed by atoms with van der Waals surface area (Å²) in [6, 6.07) is 6.74. The Morgan fingerprint density at radius 1 is 1.12 bits per heavy atom. The molecule has 0 saturated heterocycles. The number of benzene rings is 1. The number of carboxylic acids is 1. The first-order valence-corrected chi connectivity index (χ1v) is 8.77. The Labute approximate surface area is 150 Å². The summed E-state index contributed by atoms with van der Waals surface area (Å²) in [7, 11) is 3.96. The minimum atomic E-state index is -0.927. The number of carbonyl (C=O) groups excluding carboxylic acids is 1. The summed E-state index contributed by atoms with van der Waals surface area (Å²) in [5.74, 6) is -0.803. The largest absolute Gasteiger partial charge is 0.480 e. The molecule has 1 aromatic carbocycles. The summed E-state index contributed by atoms with van der Waals surface area (Å²) < 4.78 is 0. The lowest BCUT2D eigenvalue weighted by Gasteiger charge is -2.23. The monoisotopic (exact) mass is 349 g/mol. The topological polar surface area (TPSA) is 81.7 Å². The highest BCUT2D eigenvalue weighted by Crippen LogP contribution is 2.12. The third-order valence-corrected chi connectivity index (χ3v) is 4.05. The van der Waals surface area contributed by atoms with E-state index in [1.165, 1.54) is 0 Å². The molecule has 0 unspecified atom stereocenters. The lowest BCUT2D eigenvalue weighted by Crippen LogP contribution is -2.51. The second kappa shape index (κ2) is 10.0. The van der Waals surface area contributed by atoms with Crippen molar-refractivity contribution < 1.29 is 14.7 Å². The van der Waals surface area contributed by atoms with Crippen LogP contribution in [0.2, 0.25) is 0 Å². The fourth-order valence-corrected chi connectivity index (χ4v) is 2.55. The molecule has 140 valence electrons. The zero-order valence-electron chi connectivity index (χ0n) is 15.9. The van der Waals surface area contributed by atoms with Crippen LogP contribution in [0.4, 0.5) is 5.69 Å². The van der Waals surface area contributed by atoms with Gasteiger partial charge in [-0.1, -0.05) is 32.9 Å². The van der Waals surface area contributed by atoms with Crippen molar-refractivity contribution in [1.82, 2.24) is 10.6 Å². The van der Waals surface area contributed by atoms with Gasteiger partial charge in [-0.05, 0) is 36.5 Å². The van der Waals surface area contributed by atoms with E-state index in [0.717, 1.165) is 11.3 Å². The normalized spacial score (nSPS) is 13.4. The van der Waals surface area contributed by atoms with Crippen LogP contribution in [0.1, 0.15) is 39.2 Å². The molecule has 0 spiro atoms. The van der Waals surface area contributed by atoms with Gasteiger partial charge in [-0.15, -0.1) is 0 Å². The molecule has 2 atom stereocenters. The number of aliphatic carboxylic acids is 1. The molecule has 25 heavy (non-hydrogen) atoms. The zero-order valence-corrected chi connectivity index (χ0v) is 15.9. The molecule has 0 saturated carbocycles. The number of nitrogens with zero attached hydrogens (tertiary/aromatic N) is 1. The van der Waals surface area contributed by atoms with Gasteiger partial charge in [0.2, 0.25) is 5.91 Å². The average molecular weight is 349 g/mol. The summed E-state index contributed by atoms with van der Waals surface area (Å²) in [6.07, 6.45) is 1.03. The van der Waals surface area contributed by atoms with Gasteiger partial charge in [0.15, 0.2) is 0 Å². The minimum absolute atomic E-state index is 0.162. The van der Waals surface area contributed by atoms with Gasteiger partial charge < -0.3 is 15.3 Å². The van der Waals surface area contributed by atoms with Crippen molar-refractivity contribution in [1.29, 1.82) is 0 Å². The molecular weight excluding hydrogens is 318 g/mol. The highest BCUT2D eigenvalue weighted by molar-refractivity contribution is 5.83. The highest BCUT2D eigenvalue weighted by Gasteiger charge is 2.25. The molecule has 3 N–H and O–H groups in total. The smallest absolute Gasteiger partial charge is 0.320 e. The Morgan fingerprint density at radius 2 is 1.72 bits per heavy atom. The van der Waals surface area contributed by atoms with Gasteiger partial charge in [0, 0.05) is 26.3 Å². The van der Waals surface area contributed by atoms with Crippen LogP contribution in [0.3, 0.4) is 0 Å². The zero-order chi connectivity index (χ0) is 19.0. The molecule has 0 aliphatic heterocycles. The Kier molecular flexibility index (Phi) is 8.41. The lowest BCUT2D eigenvalue weighted by molar-refractivity contribution is -0.140. The molecule has 1 amide bonds. The summed E-state index contributed by atoms with van der Waals surface area (Å²) in [4.78, 5) is 25.8. The molecule has 0 radical (unpaired) electrons. The summed E-state index contributed by atoms with van der Waals surface area (Å²) in [6.45, 7) is 6.25. The minimum Gasteiger partial charge on any atom is -0.480 e. The van der Waals surface area contributed by atoms with Crippen LogP contribution in [0.25, 0.3) is 0 Å². The van der Waals surface area contributed by atoms with E-state index in [0.29, 0.717) is 19.4 Å². The number of hydrogen-bond donors (Lipinski definition) is 3. The Balaban J connectivity index is 2.69. The molecule has 0 aliphatic carbocycles. The second-order valence-electron chi connectivity index (χ2n) is 6.93.